The average Bonchev–Trinajstić information content (AvgIpc) is 2.63. The van der Waals surface area contributed by atoms with Crippen LogP contribution in [0, 0.1) is 0 Å². The third-order valence-electron chi connectivity index (χ3n) is 4.36. The first-order valence-corrected chi connectivity index (χ1v) is 12.6. The third-order valence-corrected chi connectivity index (χ3v) is 6.76. The normalized spacial score (nSPS) is 13.7. The summed E-state index contributed by atoms with van der Waals surface area (Å²) in [7, 11) is -3.39. The van der Waals surface area contributed by atoms with Crippen molar-refractivity contribution in [2.24, 2.45) is 0 Å². The lowest BCUT2D eigenvalue weighted by atomic mass is 10.0. The molecule has 7 heteroatoms. The van der Waals surface area contributed by atoms with Gasteiger partial charge in [-0.15, -0.1) is 0 Å². The van der Waals surface area contributed by atoms with Gasteiger partial charge < -0.3 is 19.5 Å². The summed E-state index contributed by atoms with van der Waals surface area (Å²) in [6.07, 6.45) is 0.494. The van der Waals surface area contributed by atoms with Crippen LogP contribution in [0.25, 0.3) is 0 Å². The summed E-state index contributed by atoms with van der Waals surface area (Å²) in [5, 5.41) is 12.7. The van der Waals surface area contributed by atoms with Crippen molar-refractivity contribution in [2.45, 2.75) is 77.9 Å². The molecule has 0 amide bonds. The summed E-state index contributed by atoms with van der Waals surface area (Å²) in [6, 6.07) is 16.4. The number of carboxylic acid groups (broad SMARTS) is 1. The Morgan fingerprint density at radius 3 is 1.84 bits per heavy atom. The van der Waals surface area contributed by atoms with Gasteiger partial charge in [0.1, 0.15) is 6.04 Å². The van der Waals surface area contributed by atoms with E-state index in [-0.39, 0.29) is 6.16 Å². The van der Waals surface area contributed by atoms with Crippen molar-refractivity contribution < 1.29 is 23.5 Å². The van der Waals surface area contributed by atoms with Crippen molar-refractivity contribution in [3.8, 4) is 0 Å². The maximum Gasteiger partial charge on any atom is 0.336 e. The number of aliphatic carboxylic acids is 1. The van der Waals surface area contributed by atoms with Gasteiger partial charge in [-0.1, -0.05) is 54.6 Å². The largest absolute Gasteiger partial charge is 0.480 e. The van der Waals surface area contributed by atoms with E-state index in [1.54, 1.807) is 0 Å². The second-order valence-corrected chi connectivity index (χ2v) is 11.9. The van der Waals surface area contributed by atoms with E-state index in [1.807, 2.05) is 96.1 Å². The molecule has 1 unspecified atom stereocenters. The molecular weight excluding hydrogens is 425 g/mol. The lowest BCUT2D eigenvalue weighted by Crippen LogP contribution is -2.38. The van der Waals surface area contributed by atoms with Gasteiger partial charge in [-0.25, -0.2) is 0 Å². The van der Waals surface area contributed by atoms with Gasteiger partial charge in [0, 0.05) is 6.54 Å². The van der Waals surface area contributed by atoms with Gasteiger partial charge in [0.25, 0.3) is 0 Å². The Labute approximate surface area is 191 Å². The van der Waals surface area contributed by atoms with E-state index >= 15 is 0 Å². The summed E-state index contributed by atoms with van der Waals surface area (Å²) in [5.74, 6) is -0.897. The lowest BCUT2D eigenvalue weighted by molar-refractivity contribution is -0.139. The molecule has 2 rings (SSSR count). The Balaban J connectivity index is 2.07. The number of rotatable bonds is 10. The molecule has 0 aromatic heterocycles. The molecule has 0 radical (unpaired) electrons. The molecule has 0 heterocycles. The number of carbonyl (C=O) groups is 1. The van der Waals surface area contributed by atoms with Gasteiger partial charge in [0.05, 0.1) is 17.4 Å². The number of carboxylic acids is 1. The lowest BCUT2D eigenvalue weighted by Gasteiger charge is -2.32. The fourth-order valence-electron chi connectivity index (χ4n) is 3.24. The fourth-order valence-corrected chi connectivity index (χ4v) is 5.73. The predicted molar refractivity (Wildman–Crippen MR) is 128 cm³/mol. The summed E-state index contributed by atoms with van der Waals surface area (Å²) in [5.41, 5.74) is 1.50. The van der Waals surface area contributed by atoms with Gasteiger partial charge in [-0.3, -0.25) is 9.36 Å². The molecule has 1 atom stereocenters. The Kier molecular flexibility index (Phi) is 8.83. The first kappa shape index (κ1) is 26.3. The fraction of sp³-hybridized carbons (Fsp3) is 0.480. The van der Waals surface area contributed by atoms with Gasteiger partial charge in [0.2, 0.25) is 0 Å². The van der Waals surface area contributed by atoms with Crippen LogP contribution in [-0.4, -0.2) is 28.3 Å². The highest BCUT2D eigenvalue weighted by Crippen LogP contribution is 2.56. The van der Waals surface area contributed by atoms with Crippen molar-refractivity contribution >= 4 is 13.6 Å². The van der Waals surface area contributed by atoms with Crippen LogP contribution >= 0.6 is 7.60 Å². The van der Waals surface area contributed by atoms with E-state index in [2.05, 4.69) is 5.32 Å². The molecule has 0 spiro atoms. The van der Waals surface area contributed by atoms with Crippen LogP contribution in [0.5, 0.6) is 0 Å². The predicted octanol–water partition coefficient (Wildman–Crippen LogP) is 5.80. The van der Waals surface area contributed by atoms with Crippen molar-refractivity contribution in [1.29, 1.82) is 0 Å². The second kappa shape index (κ2) is 10.8. The molecule has 32 heavy (non-hydrogen) atoms. The molecule has 0 aliphatic carbocycles. The Hall–Kier alpha value is -1.98. The van der Waals surface area contributed by atoms with Gasteiger partial charge in [-0.05, 0) is 64.7 Å². The van der Waals surface area contributed by atoms with Crippen LogP contribution in [-0.2, 0) is 37.5 Å². The Morgan fingerprint density at radius 1 is 0.875 bits per heavy atom. The van der Waals surface area contributed by atoms with Crippen LogP contribution in [0.15, 0.2) is 54.6 Å². The Morgan fingerprint density at radius 2 is 1.38 bits per heavy atom. The first-order valence-electron chi connectivity index (χ1n) is 10.8. The van der Waals surface area contributed by atoms with E-state index in [1.165, 1.54) is 0 Å². The highest BCUT2D eigenvalue weighted by molar-refractivity contribution is 7.53. The zero-order valence-corrected chi connectivity index (χ0v) is 20.8. The van der Waals surface area contributed by atoms with E-state index in [0.29, 0.717) is 13.0 Å². The molecule has 2 aromatic rings. The summed E-state index contributed by atoms with van der Waals surface area (Å²) < 4.78 is 25.2. The average molecular weight is 462 g/mol. The van der Waals surface area contributed by atoms with Gasteiger partial charge in [-0.2, -0.15) is 0 Å². The maximum atomic E-state index is 13.5. The molecule has 0 saturated carbocycles. The molecule has 0 saturated heterocycles. The molecule has 2 aromatic carbocycles. The molecule has 0 aliphatic rings. The first-order chi connectivity index (χ1) is 14.7. The van der Waals surface area contributed by atoms with E-state index < -0.39 is 30.8 Å². The van der Waals surface area contributed by atoms with E-state index in [0.717, 1.165) is 16.7 Å². The van der Waals surface area contributed by atoms with Crippen molar-refractivity contribution in [3.63, 3.8) is 0 Å². The Bertz CT molecular complexity index is 894. The van der Waals surface area contributed by atoms with Crippen LogP contribution < -0.4 is 5.32 Å². The minimum Gasteiger partial charge on any atom is -0.480 e. The monoisotopic (exact) mass is 461 g/mol. The molecule has 0 aliphatic heterocycles. The van der Waals surface area contributed by atoms with E-state index in [4.69, 9.17) is 9.05 Å². The van der Waals surface area contributed by atoms with Crippen LogP contribution in [0.3, 0.4) is 0 Å². The second-order valence-electron chi connectivity index (χ2n) is 9.95. The summed E-state index contributed by atoms with van der Waals surface area (Å²) in [6.45, 7) is 11.6. The highest BCUT2D eigenvalue weighted by atomic mass is 31.2. The molecule has 0 fully saturated rings. The molecule has 0 bridgehead atoms. The van der Waals surface area contributed by atoms with Crippen LogP contribution in [0.1, 0.15) is 58.2 Å². The zero-order chi connectivity index (χ0) is 24.0. The number of nitrogens with one attached hydrogen (secondary N) is 1. The number of hydrogen-bond donors (Lipinski definition) is 2. The summed E-state index contributed by atoms with van der Waals surface area (Å²) in [4.78, 5) is 11.7. The van der Waals surface area contributed by atoms with Crippen molar-refractivity contribution in [3.05, 3.63) is 71.3 Å². The van der Waals surface area contributed by atoms with Gasteiger partial charge in [0.15, 0.2) is 0 Å². The third kappa shape index (κ3) is 9.66. The van der Waals surface area contributed by atoms with Crippen LogP contribution in [0.4, 0.5) is 0 Å². The molecule has 176 valence electrons. The molecular formula is C25H36NO5P. The highest BCUT2D eigenvalue weighted by Gasteiger charge is 2.35. The molecule has 2 N–H and O–H groups in total. The summed E-state index contributed by atoms with van der Waals surface area (Å²) >= 11 is 0. The number of benzene rings is 2. The van der Waals surface area contributed by atoms with Crippen LogP contribution in [0.2, 0.25) is 0 Å². The minimum atomic E-state index is -3.39. The molecule has 6 nitrogen and oxygen atoms in total. The van der Waals surface area contributed by atoms with Crippen molar-refractivity contribution in [2.75, 3.05) is 0 Å². The topological polar surface area (TPSA) is 84.9 Å². The SMILES string of the molecule is CC(C)(C)OP(=O)(Cc1ccc(CC(NCc2ccccc2)C(=O)O)cc1)OC(C)(C)C. The standard InChI is InChI=1S/C25H36NO5P/c1-24(2,3)30-32(29,31-25(4,5)6)18-21-14-12-19(13-15-21)16-22(23(27)28)26-17-20-10-8-7-9-11-20/h7-15,22,26H,16-18H2,1-6H3,(H,27,28). The maximum absolute atomic E-state index is 13.5. The quantitative estimate of drug-likeness (QED) is 0.435. The zero-order valence-electron chi connectivity index (χ0n) is 19.9. The minimum absolute atomic E-state index is 0.149. The number of hydrogen-bond acceptors (Lipinski definition) is 5. The van der Waals surface area contributed by atoms with Crippen molar-refractivity contribution in [1.82, 2.24) is 5.32 Å². The van der Waals surface area contributed by atoms with Gasteiger partial charge >= 0.3 is 13.6 Å². The smallest absolute Gasteiger partial charge is 0.336 e. The van der Waals surface area contributed by atoms with E-state index in [9.17, 15) is 14.5 Å².